The highest BCUT2D eigenvalue weighted by atomic mass is 16.6. The van der Waals surface area contributed by atoms with Gasteiger partial charge in [-0.2, -0.15) is 0 Å². The Morgan fingerprint density at radius 2 is 2.06 bits per heavy atom. The van der Waals surface area contributed by atoms with Crippen LogP contribution in [0.25, 0.3) is 0 Å². The van der Waals surface area contributed by atoms with Gasteiger partial charge in [0.25, 0.3) is 0 Å². The predicted octanol–water partition coefficient (Wildman–Crippen LogP) is 1.88. The van der Waals surface area contributed by atoms with E-state index in [9.17, 15) is 20.2 Å². The van der Waals surface area contributed by atoms with Crippen LogP contribution in [0.4, 0.5) is 5.69 Å². The summed E-state index contributed by atoms with van der Waals surface area (Å²) in [5, 5.41) is 25.0. The summed E-state index contributed by atoms with van der Waals surface area (Å²) >= 11 is 0. The minimum atomic E-state index is -0.869. The molecule has 0 aliphatic carbocycles. The lowest BCUT2D eigenvalue weighted by Gasteiger charge is -2.05. The average Bonchev–Trinajstić information content (AvgIpc) is 2.59. The van der Waals surface area contributed by atoms with Gasteiger partial charge in [-0.15, -0.1) is 0 Å². The zero-order valence-electron chi connectivity index (χ0n) is 9.58. The Bertz CT molecular complexity index is 428. The van der Waals surface area contributed by atoms with Gasteiger partial charge in [0.15, 0.2) is 5.69 Å². The third-order valence-electron chi connectivity index (χ3n) is 2.42. The number of aromatic nitrogens is 1. The first-order chi connectivity index (χ1) is 7.97. The second-order valence-corrected chi connectivity index (χ2v) is 3.73. The second kappa shape index (κ2) is 5.37. The Labute approximate surface area is 96.9 Å². The molecule has 0 bridgehead atoms. The number of nitro groups is 2. The van der Waals surface area contributed by atoms with Crippen LogP contribution in [0, 0.1) is 27.2 Å². The lowest BCUT2D eigenvalue weighted by Crippen LogP contribution is -2.22. The zero-order chi connectivity index (χ0) is 13.0. The molecule has 0 spiro atoms. The summed E-state index contributed by atoms with van der Waals surface area (Å²) in [7, 11) is 0. The van der Waals surface area contributed by atoms with Crippen molar-refractivity contribution in [2.75, 3.05) is 0 Å². The summed E-state index contributed by atoms with van der Waals surface area (Å²) in [5.74, 6) is -0.0253. The van der Waals surface area contributed by atoms with Gasteiger partial charge < -0.3 is 4.52 Å². The maximum Gasteiger partial charge on any atom is 0.334 e. The minimum Gasteiger partial charge on any atom is -0.353 e. The van der Waals surface area contributed by atoms with Gasteiger partial charge in [-0.3, -0.25) is 20.2 Å². The maximum absolute atomic E-state index is 10.8. The molecule has 8 heteroatoms. The Kier molecular flexibility index (Phi) is 4.13. The molecule has 0 N–H and O–H groups in total. The molecule has 1 unspecified atom stereocenters. The molecule has 94 valence electrons. The first kappa shape index (κ1) is 13.1. The summed E-state index contributed by atoms with van der Waals surface area (Å²) in [6.07, 6.45) is 0.883. The van der Waals surface area contributed by atoms with Gasteiger partial charge in [-0.1, -0.05) is 12.1 Å². The van der Waals surface area contributed by atoms with Gasteiger partial charge in [0, 0.05) is 11.3 Å². The molecular formula is C9H13N3O5. The lowest BCUT2D eigenvalue weighted by molar-refractivity contribution is -0.523. The van der Waals surface area contributed by atoms with Crippen molar-refractivity contribution in [3.8, 4) is 0 Å². The molecule has 1 heterocycles. The highest BCUT2D eigenvalue weighted by Gasteiger charge is 2.30. The summed E-state index contributed by atoms with van der Waals surface area (Å²) in [6, 6.07) is -0.869. The van der Waals surface area contributed by atoms with Crippen LogP contribution in [0.15, 0.2) is 4.52 Å². The Hall–Kier alpha value is -1.99. The van der Waals surface area contributed by atoms with Crippen molar-refractivity contribution < 1.29 is 14.4 Å². The Morgan fingerprint density at radius 1 is 1.41 bits per heavy atom. The van der Waals surface area contributed by atoms with Crippen molar-refractivity contribution in [3.05, 3.63) is 31.7 Å². The van der Waals surface area contributed by atoms with Gasteiger partial charge in [-0.05, 0) is 13.3 Å². The van der Waals surface area contributed by atoms with E-state index in [0.29, 0.717) is 12.8 Å². The van der Waals surface area contributed by atoms with Crippen molar-refractivity contribution in [3.63, 3.8) is 0 Å². The van der Waals surface area contributed by atoms with Crippen molar-refractivity contribution in [1.29, 1.82) is 0 Å². The number of hydrogen-bond donors (Lipinski definition) is 0. The zero-order valence-corrected chi connectivity index (χ0v) is 9.58. The van der Waals surface area contributed by atoms with Crippen molar-refractivity contribution in [2.24, 2.45) is 0 Å². The predicted molar refractivity (Wildman–Crippen MR) is 57.3 cm³/mol. The number of nitrogens with zero attached hydrogens (tertiary/aromatic N) is 3. The fraction of sp³-hybridized carbons (Fsp3) is 0.667. The van der Waals surface area contributed by atoms with Crippen LogP contribution in [-0.2, 0) is 6.42 Å². The van der Waals surface area contributed by atoms with E-state index in [4.69, 9.17) is 4.52 Å². The van der Waals surface area contributed by atoms with E-state index in [1.54, 1.807) is 0 Å². The van der Waals surface area contributed by atoms with Gasteiger partial charge in [0.05, 0.1) is 11.3 Å². The quantitative estimate of drug-likeness (QED) is 0.556. The maximum atomic E-state index is 10.8. The lowest BCUT2D eigenvalue weighted by atomic mass is 10.1. The fourth-order valence-electron chi connectivity index (χ4n) is 1.61. The van der Waals surface area contributed by atoms with E-state index in [1.165, 1.54) is 6.92 Å². The summed E-state index contributed by atoms with van der Waals surface area (Å²) in [4.78, 5) is 20.4. The molecule has 0 aliphatic heterocycles. The van der Waals surface area contributed by atoms with Gasteiger partial charge in [0.2, 0.25) is 11.8 Å². The molecule has 1 aromatic rings. The summed E-state index contributed by atoms with van der Waals surface area (Å²) in [5.41, 5.74) is -0.114. The molecule has 17 heavy (non-hydrogen) atoms. The molecule has 1 aromatic heterocycles. The van der Waals surface area contributed by atoms with Crippen LogP contribution in [0.1, 0.15) is 31.2 Å². The molecule has 0 aromatic carbocycles. The molecular weight excluding hydrogens is 230 g/mol. The molecule has 0 saturated heterocycles. The standard InChI is InChI=1S/C9H13N3O5/c1-3-4-7(11(13)14)5-8-9(12(15)16)6(2)10-17-8/h7H,3-5H2,1-2H3. The highest BCUT2D eigenvalue weighted by Crippen LogP contribution is 2.25. The Morgan fingerprint density at radius 3 is 2.53 bits per heavy atom. The number of aryl methyl sites for hydroxylation is 1. The average molecular weight is 243 g/mol. The molecule has 0 amide bonds. The van der Waals surface area contributed by atoms with Crippen molar-refractivity contribution in [2.45, 2.75) is 39.2 Å². The van der Waals surface area contributed by atoms with E-state index < -0.39 is 15.9 Å². The summed E-state index contributed by atoms with van der Waals surface area (Å²) in [6.45, 7) is 3.25. The van der Waals surface area contributed by atoms with E-state index in [-0.39, 0.29) is 23.6 Å². The molecule has 1 atom stereocenters. The molecule has 1 rings (SSSR count). The van der Waals surface area contributed by atoms with Crippen molar-refractivity contribution >= 4 is 5.69 Å². The van der Waals surface area contributed by atoms with Crippen LogP contribution >= 0.6 is 0 Å². The van der Waals surface area contributed by atoms with E-state index in [2.05, 4.69) is 5.16 Å². The van der Waals surface area contributed by atoms with Crippen LogP contribution in [-0.4, -0.2) is 21.0 Å². The minimum absolute atomic E-state index is 0.0253. The first-order valence-corrected chi connectivity index (χ1v) is 5.20. The van der Waals surface area contributed by atoms with Crippen molar-refractivity contribution in [1.82, 2.24) is 5.16 Å². The highest BCUT2D eigenvalue weighted by molar-refractivity contribution is 5.37. The third-order valence-corrected chi connectivity index (χ3v) is 2.42. The molecule has 0 aliphatic rings. The first-order valence-electron chi connectivity index (χ1n) is 5.20. The van der Waals surface area contributed by atoms with E-state index >= 15 is 0 Å². The monoisotopic (exact) mass is 243 g/mol. The largest absolute Gasteiger partial charge is 0.353 e. The van der Waals surface area contributed by atoms with Crippen LogP contribution < -0.4 is 0 Å². The third kappa shape index (κ3) is 2.99. The normalized spacial score (nSPS) is 12.4. The second-order valence-electron chi connectivity index (χ2n) is 3.73. The topological polar surface area (TPSA) is 112 Å². The summed E-state index contributed by atoms with van der Waals surface area (Å²) < 4.78 is 4.79. The fourth-order valence-corrected chi connectivity index (χ4v) is 1.61. The van der Waals surface area contributed by atoms with Crippen LogP contribution in [0.3, 0.4) is 0 Å². The smallest absolute Gasteiger partial charge is 0.334 e. The van der Waals surface area contributed by atoms with Gasteiger partial charge in [0.1, 0.15) is 0 Å². The SMILES string of the molecule is CCCC(Cc1onc(C)c1[N+](=O)[O-])[N+](=O)[O-]. The van der Waals surface area contributed by atoms with Gasteiger partial charge in [-0.25, -0.2) is 0 Å². The van der Waals surface area contributed by atoms with Gasteiger partial charge >= 0.3 is 5.69 Å². The van der Waals surface area contributed by atoms with Crippen LogP contribution in [0.5, 0.6) is 0 Å². The molecule has 0 fully saturated rings. The van der Waals surface area contributed by atoms with Crippen LogP contribution in [0.2, 0.25) is 0 Å². The number of rotatable bonds is 6. The molecule has 8 nitrogen and oxygen atoms in total. The van der Waals surface area contributed by atoms with E-state index in [1.807, 2.05) is 6.92 Å². The Balaban J connectivity index is 2.93. The molecule has 0 saturated carbocycles. The number of hydrogen-bond acceptors (Lipinski definition) is 6. The molecule has 0 radical (unpaired) electrons. The van der Waals surface area contributed by atoms with E-state index in [0.717, 1.165) is 0 Å².